The van der Waals surface area contributed by atoms with Crippen LogP contribution in [0.25, 0.3) is 0 Å². The van der Waals surface area contributed by atoms with Crippen molar-refractivity contribution in [2.75, 3.05) is 0 Å². The van der Waals surface area contributed by atoms with Crippen LogP contribution >= 0.6 is 31.0 Å². The van der Waals surface area contributed by atoms with E-state index in [-0.39, 0.29) is 11.5 Å². The summed E-state index contributed by atoms with van der Waals surface area (Å²) in [6.45, 7) is 0. The number of halogens is 2. The van der Waals surface area contributed by atoms with Crippen LogP contribution in [0.1, 0.15) is 0 Å². The van der Waals surface area contributed by atoms with Crippen LogP contribution in [0.3, 0.4) is 0 Å². The molecule has 25 heavy (non-hydrogen) atoms. The Bertz CT molecular complexity index is 851. The van der Waals surface area contributed by atoms with Crippen molar-refractivity contribution in [2.45, 2.75) is 0 Å². The van der Waals surface area contributed by atoms with E-state index in [1.165, 1.54) is 12.1 Å². The Morgan fingerprint density at radius 1 is 0.600 bits per heavy atom. The zero-order chi connectivity index (χ0) is 17.7. The molecule has 0 atom stereocenters. The van der Waals surface area contributed by atoms with Gasteiger partial charge in [-0.2, -0.15) is 4.57 Å². The molecule has 0 spiro atoms. The van der Waals surface area contributed by atoms with Crippen molar-refractivity contribution in [2.24, 2.45) is 0 Å². The summed E-state index contributed by atoms with van der Waals surface area (Å²) in [5.41, 5.74) is 0. The van der Waals surface area contributed by atoms with Crippen molar-refractivity contribution in [3.8, 4) is 17.2 Å². The predicted molar refractivity (Wildman–Crippen MR) is 98.8 cm³/mol. The van der Waals surface area contributed by atoms with Crippen LogP contribution < -0.4 is 13.6 Å². The molecule has 0 amide bonds. The maximum absolute atomic E-state index is 13.2. The average molecular weight is 395 g/mol. The number of para-hydroxylation sites is 1. The minimum absolute atomic E-state index is 0.258. The Kier molecular flexibility index (Phi) is 5.54. The molecule has 0 bridgehead atoms. The van der Waals surface area contributed by atoms with Crippen molar-refractivity contribution in [3.05, 3.63) is 88.9 Å². The van der Waals surface area contributed by atoms with Crippen LogP contribution in [0.15, 0.2) is 78.9 Å². The second kappa shape index (κ2) is 7.83. The van der Waals surface area contributed by atoms with E-state index in [2.05, 4.69) is 0 Å². The smallest absolute Gasteiger partial charge is 0.386 e. The van der Waals surface area contributed by atoms with Crippen LogP contribution in [0.2, 0.25) is 10.0 Å². The average Bonchev–Trinajstić information content (AvgIpc) is 2.55. The molecule has 3 rings (SSSR count). The maximum Gasteiger partial charge on any atom is 0.647 e. The summed E-state index contributed by atoms with van der Waals surface area (Å²) < 4.78 is 29.7. The van der Waals surface area contributed by atoms with E-state index in [9.17, 15) is 4.57 Å². The van der Waals surface area contributed by atoms with Gasteiger partial charge in [-0.25, -0.2) is 0 Å². The third kappa shape index (κ3) is 5.17. The number of hydrogen-bond donors (Lipinski definition) is 0. The lowest BCUT2D eigenvalue weighted by atomic mass is 10.3. The van der Waals surface area contributed by atoms with Crippen molar-refractivity contribution in [1.29, 1.82) is 0 Å². The van der Waals surface area contributed by atoms with Crippen LogP contribution in [0, 0.1) is 0 Å². The molecule has 0 aliphatic carbocycles. The van der Waals surface area contributed by atoms with Gasteiger partial charge in [-0.3, -0.25) is 0 Å². The maximum atomic E-state index is 13.2. The number of hydrogen-bond acceptors (Lipinski definition) is 4. The third-order valence-electron chi connectivity index (χ3n) is 2.99. The molecule has 0 saturated carbocycles. The monoisotopic (exact) mass is 394 g/mol. The molecule has 3 aromatic carbocycles. The molecule has 0 aliphatic heterocycles. The van der Waals surface area contributed by atoms with Gasteiger partial charge in [0.15, 0.2) is 0 Å². The highest BCUT2D eigenvalue weighted by Crippen LogP contribution is 2.50. The zero-order valence-corrected chi connectivity index (χ0v) is 15.2. The molecule has 0 unspecified atom stereocenters. The first-order valence-corrected chi connectivity index (χ1v) is 9.49. The lowest BCUT2D eigenvalue weighted by molar-refractivity contribution is 0.298. The molecule has 0 saturated heterocycles. The standard InChI is InChI=1S/C18H13Cl2O4P/c19-14-6-4-10-17(12-14)23-25(21,22-16-8-2-1-3-9-16)24-18-11-5-7-15(20)13-18/h1-13H. The second-order valence-electron chi connectivity index (χ2n) is 4.95. The quantitative estimate of drug-likeness (QED) is 0.439. The fourth-order valence-electron chi connectivity index (χ4n) is 1.97. The van der Waals surface area contributed by atoms with Gasteiger partial charge in [-0.1, -0.05) is 53.5 Å². The molecule has 7 heteroatoms. The van der Waals surface area contributed by atoms with Crippen LogP contribution in [0.4, 0.5) is 0 Å². The van der Waals surface area contributed by atoms with E-state index in [0.717, 1.165) is 0 Å². The third-order valence-corrected chi connectivity index (χ3v) is 4.76. The van der Waals surface area contributed by atoms with E-state index in [1.54, 1.807) is 60.7 Å². The molecule has 4 nitrogen and oxygen atoms in total. The minimum atomic E-state index is -4.04. The van der Waals surface area contributed by atoms with E-state index < -0.39 is 7.82 Å². The Balaban J connectivity index is 1.90. The Morgan fingerprint density at radius 2 is 1.04 bits per heavy atom. The van der Waals surface area contributed by atoms with Gasteiger partial charge in [-0.05, 0) is 48.5 Å². The number of phosphoric ester groups is 1. The van der Waals surface area contributed by atoms with Gasteiger partial charge in [0, 0.05) is 10.0 Å². The fraction of sp³-hybridized carbons (Fsp3) is 0. The zero-order valence-electron chi connectivity index (χ0n) is 12.8. The lowest BCUT2D eigenvalue weighted by Gasteiger charge is -2.19. The highest BCUT2D eigenvalue weighted by Gasteiger charge is 2.33. The molecule has 0 aliphatic rings. The van der Waals surface area contributed by atoms with Crippen molar-refractivity contribution < 1.29 is 18.1 Å². The molecule has 0 N–H and O–H groups in total. The van der Waals surface area contributed by atoms with Crippen molar-refractivity contribution in [1.82, 2.24) is 0 Å². The molecule has 0 radical (unpaired) electrons. The van der Waals surface area contributed by atoms with Crippen molar-refractivity contribution in [3.63, 3.8) is 0 Å². The Hall–Kier alpha value is -2.13. The predicted octanol–water partition coefficient (Wildman–Crippen LogP) is 6.64. The van der Waals surface area contributed by atoms with Gasteiger partial charge < -0.3 is 13.6 Å². The van der Waals surface area contributed by atoms with Gasteiger partial charge in [0.2, 0.25) is 0 Å². The van der Waals surface area contributed by atoms with Gasteiger partial charge in [0.05, 0.1) is 0 Å². The Morgan fingerprint density at radius 3 is 1.52 bits per heavy atom. The van der Waals surface area contributed by atoms with Gasteiger partial charge in [0.25, 0.3) is 0 Å². The summed E-state index contributed by atoms with van der Waals surface area (Å²) in [4.78, 5) is 0. The highest BCUT2D eigenvalue weighted by atomic mass is 35.5. The second-order valence-corrected chi connectivity index (χ2v) is 7.26. The van der Waals surface area contributed by atoms with Crippen LogP contribution in [-0.2, 0) is 4.57 Å². The first kappa shape index (κ1) is 17.7. The van der Waals surface area contributed by atoms with Gasteiger partial charge in [-0.15, -0.1) is 0 Å². The van der Waals surface area contributed by atoms with Crippen LogP contribution in [0.5, 0.6) is 17.2 Å². The largest absolute Gasteiger partial charge is 0.647 e. The minimum Gasteiger partial charge on any atom is -0.386 e. The summed E-state index contributed by atoms with van der Waals surface area (Å²) in [6, 6.07) is 21.5. The van der Waals surface area contributed by atoms with E-state index >= 15 is 0 Å². The molecule has 0 fully saturated rings. The fourth-order valence-corrected chi connectivity index (χ4v) is 3.57. The molecule has 128 valence electrons. The summed E-state index contributed by atoms with van der Waals surface area (Å²) in [5, 5.41) is 0.873. The molecule has 0 aromatic heterocycles. The molecular weight excluding hydrogens is 382 g/mol. The first-order chi connectivity index (χ1) is 12.0. The summed E-state index contributed by atoms with van der Waals surface area (Å²) in [5.74, 6) is 0.859. The van der Waals surface area contributed by atoms with E-state index in [4.69, 9.17) is 36.8 Å². The summed E-state index contributed by atoms with van der Waals surface area (Å²) >= 11 is 11.9. The van der Waals surface area contributed by atoms with Crippen LogP contribution in [-0.4, -0.2) is 0 Å². The number of benzene rings is 3. The highest BCUT2D eigenvalue weighted by molar-refractivity contribution is 7.49. The lowest BCUT2D eigenvalue weighted by Crippen LogP contribution is -2.07. The molecular formula is C18H13Cl2O4P. The summed E-state index contributed by atoms with van der Waals surface area (Å²) in [7, 11) is -4.04. The number of phosphoric acid groups is 1. The van der Waals surface area contributed by atoms with Gasteiger partial charge >= 0.3 is 7.82 Å². The van der Waals surface area contributed by atoms with E-state index in [1.807, 2.05) is 6.07 Å². The van der Waals surface area contributed by atoms with Crippen molar-refractivity contribution >= 4 is 31.0 Å². The normalized spacial score (nSPS) is 11.0. The first-order valence-electron chi connectivity index (χ1n) is 7.27. The molecule has 0 heterocycles. The SMILES string of the molecule is O=P(Oc1ccccc1)(Oc1cccc(Cl)c1)Oc1cccc(Cl)c1. The molecule has 3 aromatic rings. The Labute approximate surface area is 155 Å². The summed E-state index contributed by atoms with van der Waals surface area (Å²) in [6.07, 6.45) is 0. The number of rotatable bonds is 6. The topological polar surface area (TPSA) is 44.8 Å². The van der Waals surface area contributed by atoms with Gasteiger partial charge in [0.1, 0.15) is 17.2 Å². The van der Waals surface area contributed by atoms with E-state index in [0.29, 0.717) is 15.8 Å².